The van der Waals surface area contributed by atoms with Gasteiger partial charge < -0.3 is 19.9 Å². The average Bonchev–Trinajstić information content (AvgIpc) is 2.73. The number of halogens is 2. The van der Waals surface area contributed by atoms with Crippen molar-refractivity contribution < 1.29 is 9.50 Å². The summed E-state index contributed by atoms with van der Waals surface area (Å²) in [5, 5.41) is 23.3. The van der Waals surface area contributed by atoms with Crippen LogP contribution in [0.15, 0.2) is 35.1 Å². The third-order valence-corrected chi connectivity index (χ3v) is 6.03. The van der Waals surface area contributed by atoms with Crippen LogP contribution in [-0.4, -0.2) is 33.8 Å². The topological polar surface area (TPSA) is 94.2 Å². The van der Waals surface area contributed by atoms with Gasteiger partial charge in [0.15, 0.2) is 0 Å². The van der Waals surface area contributed by atoms with Gasteiger partial charge >= 0.3 is 0 Å². The minimum Gasteiger partial charge on any atom is -0.506 e. The maximum absolute atomic E-state index is 13.3. The predicted octanol–water partition coefficient (Wildman–Crippen LogP) is 3.63. The summed E-state index contributed by atoms with van der Waals surface area (Å²) >= 11 is 6.12. The summed E-state index contributed by atoms with van der Waals surface area (Å²) in [7, 11) is 1.61. The van der Waals surface area contributed by atoms with Crippen LogP contribution in [0.2, 0.25) is 5.15 Å². The van der Waals surface area contributed by atoms with Gasteiger partial charge in [-0.1, -0.05) is 18.5 Å². The lowest BCUT2D eigenvalue weighted by atomic mass is 9.92. The third kappa shape index (κ3) is 3.77. The number of hydrogen-bond donors (Lipinski definition) is 2. The van der Waals surface area contributed by atoms with Crippen LogP contribution in [0, 0.1) is 23.1 Å². The normalized spacial score (nSPS) is 18.7. The van der Waals surface area contributed by atoms with E-state index in [0.717, 1.165) is 6.07 Å². The number of nitriles is 1. The first-order valence-corrected chi connectivity index (χ1v) is 10.3. The Balaban J connectivity index is 1.68. The molecule has 0 bridgehead atoms. The molecule has 0 unspecified atom stereocenters. The smallest absolute Gasteiger partial charge is 0.270 e. The molecule has 2 N–H and O–H groups in total. The Bertz CT molecular complexity index is 1270. The molecule has 4 rings (SSSR count). The molecule has 2 aromatic heterocycles. The lowest BCUT2D eigenvalue weighted by Gasteiger charge is -2.39. The molecule has 1 aromatic carbocycles. The predicted molar refractivity (Wildman–Crippen MR) is 118 cm³/mol. The van der Waals surface area contributed by atoms with E-state index in [9.17, 15) is 19.6 Å². The number of rotatable bonds is 3. The number of nitrogens with one attached hydrogen (secondary N) is 1. The van der Waals surface area contributed by atoms with E-state index in [0.29, 0.717) is 41.9 Å². The Kier molecular flexibility index (Phi) is 5.46. The zero-order valence-corrected chi connectivity index (χ0v) is 17.8. The van der Waals surface area contributed by atoms with Crippen LogP contribution in [0.3, 0.4) is 0 Å². The quantitative estimate of drug-likeness (QED) is 0.476. The number of fused-ring (bicyclic) bond motifs is 1. The van der Waals surface area contributed by atoms with Crippen molar-refractivity contribution in [2.75, 3.05) is 23.3 Å². The molecule has 1 aliphatic heterocycles. The van der Waals surface area contributed by atoms with Crippen LogP contribution < -0.4 is 15.8 Å². The van der Waals surface area contributed by atoms with Gasteiger partial charge in [-0.2, -0.15) is 5.26 Å². The molecule has 0 spiro atoms. The second-order valence-corrected chi connectivity index (χ2v) is 8.21. The molecule has 3 heterocycles. The molecular formula is C22H21ClFN5O2. The highest BCUT2D eigenvalue weighted by Gasteiger charge is 2.30. The van der Waals surface area contributed by atoms with Crippen molar-refractivity contribution in [3.8, 4) is 11.8 Å². The number of aryl methyl sites for hydroxylation is 1. The second kappa shape index (κ2) is 8.08. The molecule has 0 amide bonds. The van der Waals surface area contributed by atoms with Gasteiger partial charge in [0.05, 0.1) is 16.9 Å². The minimum atomic E-state index is -0.501. The standard InChI is InChI=1S/C22H21ClFN5O2/c1-12-11-29(8-7-15(12)26-16-4-3-13(24)9-18(16)30)21-14(10-25)22(31)28(2)17-5-6-19(23)27-20(17)21/h3-6,9,12,15,26,30H,7-8,11H2,1-2H3/t12-,15-/m1/s1. The van der Waals surface area contributed by atoms with Gasteiger partial charge in [-0.15, -0.1) is 0 Å². The van der Waals surface area contributed by atoms with Gasteiger partial charge in [-0.05, 0) is 36.6 Å². The van der Waals surface area contributed by atoms with E-state index >= 15 is 0 Å². The van der Waals surface area contributed by atoms with E-state index in [2.05, 4.69) is 10.3 Å². The van der Waals surface area contributed by atoms with E-state index in [1.165, 1.54) is 16.7 Å². The van der Waals surface area contributed by atoms with Crippen LogP contribution in [0.4, 0.5) is 15.8 Å². The SMILES string of the molecule is C[C@@H]1CN(c2c(C#N)c(=O)n(C)c3ccc(Cl)nc23)CC[C@H]1Nc1ccc(F)cc1O. The number of phenolic OH excluding ortho intramolecular Hbond substituents is 1. The summed E-state index contributed by atoms with van der Waals surface area (Å²) in [4.78, 5) is 19.2. The molecule has 1 aliphatic rings. The van der Waals surface area contributed by atoms with E-state index in [-0.39, 0.29) is 34.0 Å². The van der Waals surface area contributed by atoms with Crippen molar-refractivity contribution in [1.29, 1.82) is 5.26 Å². The van der Waals surface area contributed by atoms with E-state index in [4.69, 9.17) is 11.6 Å². The minimum absolute atomic E-state index is 0.0208. The number of anilines is 2. The summed E-state index contributed by atoms with van der Waals surface area (Å²) in [6, 6.07) is 9.29. The summed E-state index contributed by atoms with van der Waals surface area (Å²) < 4.78 is 14.7. The van der Waals surface area contributed by atoms with Crippen molar-refractivity contribution in [2.45, 2.75) is 19.4 Å². The number of hydrogen-bond acceptors (Lipinski definition) is 6. The van der Waals surface area contributed by atoms with Gasteiger partial charge in [0.25, 0.3) is 5.56 Å². The summed E-state index contributed by atoms with van der Waals surface area (Å²) in [5.41, 5.74) is 1.75. The Morgan fingerprint density at radius 3 is 2.81 bits per heavy atom. The van der Waals surface area contributed by atoms with Crippen LogP contribution in [0.5, 0.6) is 5.75 Å². The van der Waals surface area contributed by atoms with Crippen LogP contribution >= 0.6 is 11.6 Å². The van der Waals surface area contributed by atoms with E-state index in [1.807, 2.05) is 17.9 Å². The molecule has 31 heavy (non-hydrogen) atoms. The van der Waals surface area contributed by atoms with Crippen molar-refractivity contribution in [3.63, 3.8) is 0 Å². The van der Waals surface area contributed by atoms with Gasteiger partial charge in [-0.3, -0.25) is 4.79 Å². The lowest BCUT2D eigenvalue weighted by molar-refractivity contribution is 0.401. The summed E-state index contributed by atoms with van der Waals surface area (Å²) in [6.07, 6.45) is 0.681. The highest BCUT2D eigenvalue weighted by atomic mass is 35.5. The van der Waals surface area contributed by atoms with Crippen molar-refractivity contribution >= 4 is 34.0 Å². The largest absolute Gasteiger partial charge is 0.506 e. The van der Waals surface area contributed by atoms with Crippen molar-refractivity contribution in [2.24, 2.45) is 13.0 Å². The first kappa shape index (κ1) is 20.9. The molecule has 0 saturated carbocycles. The maximum Gasteiger partial charge on any atom is 0.270 e. The second-order valence-electron chi connectivity index (χ2n) is 7.83. The lowest BCUT2D eigenvalue weighted by Crippen LogP contribution is -2.46. The first-order chi connectivity index (χ1) is 14.8. The summed E-state index contributed by atoms with van der Waals surface area (Å²) in [5.74, 6) is -0.542. The van der Waals surface area contributed by atoms with Crippen LogP contribution in [-0.2, 0) is 7.05 Å². The number of benzene rings is 1. The molecule has 7 nitrogen and oxygen atoms in total. The maximum atomic E-state index is 13.3. The number of pyridine rings is 2. The van der Waals surface area contributed by atoms with Gasteiger partial charge in [-0.25, -0.2) is 9.37 Å². The Morgan fingerprint density at radius 2 is 2.13 bits per heavy atom. The van der Waals surface area contributed by atoms with Crippen LogP contribution in [0.25, 0.3) is 11.0 Å². The Hall–Kier alpha value is -3.31. The monoisotopic (exact) mass is 441 g/mol. The first-order valence-electron chi connectivity index (χ1n) is 9.89. The molecule has 3 aromatic rings. The fourth-order valence-corrected chi connectivity index (χ4v) is 4.32. The number of aromatic nitrogens is 2. The highest BCUT2D eigenvalue weighted by Crippen LogP contribution is 2.33. The van der Waals surface area contributed by atoms with Crippen LogP contribution in [0.1, 0.15) is 18.9 Å². The Morgan fingerprint density at radius 1 is 1.35 bits per heavy atom. The van der Waals surface area contributed by atoms with Gasteiger partial charge in [0.1, 0.15) is 33.9 Å². The number of nitrogens with zero attached hydrogens (tertiary/aromatic N) is 4. The zero-order chi connectivity index (χ0) is 22.3. The summed E-state index contributed by atoms with van der Waals surface area (Å²) in [6.45, 7) is 3.17. The average molecular weight is 442 g/mol. The Labute approximate surface area is 183 Å². The van der Waals surface area contributed by atoms with E-state index < -0.39 is 5.82 Å². The van der Waals surface area contributed by atoms with Crippen molar-refractivity contribution in [1.82, 2.24) is 9.55 Å². The number of phenols is 1. The molecule has 0 radical (unpaired) electrons. The highest BCUT2D eigenvalue weighted by molar-refractivity contribution is 6.29. The third-order valence-electron chi connectivity index (χ3n) is 5.81. The van der Waals surface area contributed by atoms with Crippen molar-refractivity contribution in [3.05, 3.63) is 57.2 Å². The molecule has 9 heteroatoms. The molecule has 1 saturated heterocycles. The van der Waals surface area contributed by atoms with E-state index in [1.54, 1.807) is 19.2 Å². The zero-order valence-electron chi connectivity index (χ0n) is 17.1. The molecule has 2 atom stereocenters. The van der Waals surface area contributed by atoms with Gasteiger partial charge in [0.2, 0.25) is 0 Å². The fraction of sp³-hybridized carbons (Fsp3) is 0.318. The fourth-order valence-electron chi connectivity index (χ4n) is 4.17. The molecule has 160 valence electrons. The molecular weight excluding hydrogens is 421 g/mol. The molecule has 1 fully saturated rings. The molecule has 0 aliphatic carbocycles. The number of aromatic hydroxyl groups is 1. The van der Waals surface area contributed by atoms with Gasteiger partial charge in [0, 0.05) is 32.2 Å². The number of piperidine rings is 1.